The molecule has 0 spiro atoms. The van der Waals surface area contributed by atoms with Crippen molar-refractivity contribution in [3.05, 3.63) is 35.6 Å². The summed E-state index contributed by atoms with van der Waals surface area (Å²) in [6, 6.07) is 6.68. The van der Waals surface area contributed by atoms with Crippen molar-refractivity contribution >= 4 is 0 Å². The van der Waals surface area contributed by atoms with Gasteiger partial charge in [0.05, 0.1) is 0 Å². The predicted molar refractivity (Wildman–Crippen MR) is 63.7 cm³/mol. The molecule has 16 heavy (non-hydrogen) atoms. The second kappa shape index (κ2) is 6.61. The molecule has 0 aromatic heterocycles. The number of rotatable bonds is 6. The van der Waals surface area contributed by atoms with E-state index in [-0.39, 0.29) is 11.9 Å². The van der Waals surface area contributed by atoms with E-state index >= 15 is 0 Å². The van der Waals surface area contributed by atoms with Crippen LogP contribution < -0.4 is 5.73 Å². The Kier molecular flexibility index (Phi) is 5.43. The lowest BCUT2D eigenvalue weighted by molar-refractivity contribution is 0.152. The summed E-state index contributed by atoms with van der Waals surface area (Å²) in [5.41, 5.74) is 6.96. The molecule has 3 heteroatoms. The van der Waals surface area contributed by atoms with Crippen LogP contribution in [0.3, 0.4) is 0 Å². The standard InChI is InChI=1S/C13H20FNO/c1-10(9-16-2)6-13(15)8-11-4-3-5-12(14)7-11/h3-5,7,10,13H,6,8-9,15H2,1-2H3. The van der Waals surface area contributed by atoms with Gasteiger partial charge in [0.25, 0.3) is 0 Å². The van der Waals surface area contributed by atoms with Gasteiger partial charge in [-0.05, 0) is 36.5 Å². The van der Waals surface area contributed by atoms with Crippen LogP contribution in [0.4, 0.5) is 4.39 Å². The molecule has 2 unspecified atom stereocenters. The van der Waals surface area contributed by atoms with Crippen LogP contribution in [0.5, 0.6) is 0 Å². The highest BCUT2D eigenvalue weighted by atomic mass is 19.1. The summed E-state index contributed by atoms with van der Waals surface area (Å²) in [5, 5.41) is 0. The minimum absolute atomic E-state index is 0.0620. The smallest absolute Gasteiger partial charge is 0.123 e. The van der Waals surface area contributed by atoms with Crippen LogP contribution in [0.15, 0.2) is 24.3 Å². The molecule has 1 aromatic rings. The number of ether oxygens (including phenoxy) is 1. The first-order chi connectivity index (χ1) is 7.61. The summed E-state index contributed by atoms with van der Waals surface area (Å²) in [6.07, 6.45) is 1.61. The number of benzene rings is 1. The Labute approximate surface area is 96.6 Å². The lowest BCUT2D eigenvalue weighted by Crippen LogP contribution is -2.26. The predicted octanol–water partition coefficient (Wildman–Crippen LogP) is 2.37. The molecule has 0 radical (unpaired) electrons. The van der Waals surface area contributed by atoms with Crippen molar-refractivity contribution in [2.75, 3.05) is 13.7 Å². The van der Waals surface area contributed by atoms with Crippen molar-refractivity contribution in [1.82, 2.24) is 0 Å². The van der Waals surface area contributed by atoms with Gasteiger partial charge >= 0.3 is 0 Å². The first-order valence-corrected chi connectivity index (χ1v) is 5.60. The van der Waals surface area contributed by atoms with E-state index in [1.807, 2.05) is 6.07 Å². The minimum atomic E-state index is -0.199. The number of nitrogens with two attached hydrogens (primary N) is 1. The highest BCUT2D eigenvalue weighted by Crippen LogP contribution is 2.11. The molecular formula is C13H20FNO. The lowest BCUT2D eigenvalue weighted by Gasteiger charge is -2.16. The Bertz CT molecular complexity index is 317. The van der Waals surface area contributed by atoms with E-state index in [0.717, 1.165) is 18.6 Å². The molecule has 0 bridgehead atoms. The Hall–Kier alpha value is -0.930. The van der Waals surface area contributed by atoms with Crippen molar-refractivity contribution in [2.24, 2.45) is 11.7 Å². The molecule has 1 rings (SSSR count). The summed E-state index contributed by atoms with van der Waals surface area (Å²) in [6.45, 7) is 2.83. The van der Waals surface area contributed by atoms with Gasteiger partial charge in [0.15, 0.2) is 0 Å². The molecule has 0 aliphatic heterocycles. The molecule has 90 valence electrons. The zero-order chi connectivity index (χ0) is 12.0. The SMILES string of the molecule is COCC(C)CC(N)Cc1cccc(F)c1. The maximum Gasteiger partial charge on any atom is 0.123 e. The number of halogens is 1. The van der Waals surface area contributed by atoms with Crippen LogP contribution in [-0.4, -0.2) is 19.8 Å². The lowest BCUT2D eigenvalue weighted by atomic mass is 9.97. The van der Waals surface area contributed by atoms with Crippen LogP contribution in [-0.2, 0) is 11.2 Å². The van der Waals surface area contributed by atoms with Crippen molar-refractivity contribution in [3.8, 4) is 0 Å². The van der Waals surface area contributed by atoms with Crippen molar-refractivity contribution in [1.29, 1.82) is 0 Å². The van der Waals surface area contributed by atoms with Gasteiger partial charge in [-0.1, -0.05) is 19.1 Å². The van der Waals surface area contributed by atoms with Crippen molar-refractivity contribution in [3.63, 3.8) is 0 Å². The first kappa shape index (κ1) is 13.1. The normalized spacial score (nSPS) is 14.8. The monoisotopic (exact) mass is 225 g/mol. The topological polar surface area (TPSA) is 35.2 Å². The fraction of sp³-hybridized carbons (Fsp3) is 0.538. The highest BCUT2D eigenvalue weighted by molar-refractivity contribution is 5.17. The van der Waals surface area contributed by atoms with E-state index in [4.69, 9.17) is 10.5 Å². The molecular weight excluding hydrogens is 205 g/mol. The van der Waals surface area contributed by atoms with Crippen LogP contribution in [0.2, 0.25) is 0 Å². The van der Waals surface area contributed by atoms with E-state index in [0.29, 0.717) is 12.3 Å². The fourth-order valence-corrected chi connectivity index (χ4v) is 1.92. The fourth-order valence-electron chi connectivity index (χ4n) is 1.92. The molecule has 0 aliphatic carbocycles. The van der Waals surface area contributed by atoms with Gasteiger partial charge in [-0.15, -0.1) is 0 Å². The van der Waals surface area contributed by atoms with Gasteiger partial charge in [-0.3, -0.25) is 0 Å². The van der Waals surface area contributed by atoms with Crippen LogP contribution in [0.1, 0.15) is 18.9 Å². The quantitative estimate of drug-likeness (QED) is 0.806. The summed E-state index contributed by atoms with van der Waals surface area (Å²) < 4.78 is 18.0. The zero-order valence-electron chi connectivity index (χ0n) is 9.95. The second-order valence-electron chi connectivity index (χ2n) is 4.39. The molecule has 0 fully saturated rings. The maximum atomic E-state index is 12.9. The first-order valence-electron chi connectivity index (χ1n) is 5.60. The van der Waals surface area contributed by atoms with Gasteiger partial charge in [0, 0.05) is 19.8 Å². The van der Waals surface area contributed by atoms with E-state index in [1.54, 1.807) is 19.2 Å². The molecule has 2 atom stereocenters. The second-order valence-corrected chi connectivity index (χ2v) is 4.39. The van der Waals surface area contributed by atoms with Gasteiger partial charge in [-0.25, -0.2) is 4.39 Å². The summed E-state index contributed by atoms with van der Waals surface area (Å²) >= 11 is 0. The Balaban J connectivity index is 2.42. The van der Waals surface area contributed by atoms with E-state index < -0.39 is 0 Å². The average Bonchev–Trinajstić information content (AvgIpc) is 2.17. The summed E-state index contributed by atoms with van der Waals surface area (Å²) in [5.74, 6) is 0.239. The highest BCUT2D eigenvalue weighted by Gasteiger charge is 2.10. The van der Waals surface area contributed by atoms with Crippen molar-refractivity contribution < 1.29 is 9.13 Å². The Morgan fingerprint density at radius 2 is 2.19 bits per heavy atom. The van der Waals surface area contributed by atoms with Gasteiger partial charge in [0.2, 0.25) is 0 Å². The Morgan fingerprint density at radius 1 is 1.44 bits per heavy atom. The molecule has 0 aliphatic rings. The third kappa shape index (κ3) is 4.73. The van der Waals surface area contributed by atoms with Gasteiger partial charge < -0.3 is 10.5 Å². The number of hydrogen-bond donors (Lipinski definition) is 1. The van der Waals surface area contributed by atoms with E-state index in [1.165, 1.54) is 6.07 Å². The van der Waals surface area contributed by atoms with Gasteiger partial charge in [-0.2, -0.15) is 0 Å². The molecule has 1 aromatic carbocycles. The van der Waals surface area contributed by atoms with Crippen molar-refractivity contribution in [2.45, 2.75) is 25.8 Å². The maximum absolute atomic E-state index is 12.9. The largest absolute Gasteiger partial charge is 0.384 e. The Morgan fingerprint density at radius 3 is 2.81 bits per heavy atom. The molecule has 2 N–H and O–H groups in total. The molecule has 0 heterocycles. The van der Waals surface area contributed by atoms with Crippen LogP contribution in [0, 0.1) is 11.7 Å². The number of hydrogen-bond acceptors (Lipinski definition) is 2. The van der Waals surface area contributed by atoms with Crippen LogP contribution >= 0.6 is 0 Å². The molecule has 2 nitrogen and oxygen atoms in total. The van der Waals surface area contributed by atoms with E-state index in [9.17, 15) is 4.39 Å². The van der Waals surface area contributed by atoms with E-state index in [2.05, 4.69) is 6.92 Å². The summed E-state index contributed by atoms with van der Waals surface area (Å²) in [4.78, 5) is 0. The average molecular weight is 225 g/mol. The number of methoxy groups -OCH3 is 1. The molecule has 0 saturated heterocycles. The third-order valence-corrected chi connectivity index (χ3v) is 2.54. The van der Waals surface area contributed by atoms with Gasteiger partial charge in [0.1, 0.15) is 5.82 Å². The molecule has 0 amide bonds. The third-order valence-electron chi connectivity index (χ3n) is 2.54. The summed E-state index contributed by atoms with van der Waals surface area (Å²) in [7, 11) is 1.69. The zero-order valence-corrected chi connectivity index (χ0v) is 9.95. The van der Waals surface area contributed by atoms with Crippen LogP contribution in [0.25, 0.3) is 0 Å². The minimum Gasteiger partial charge on any atom is -0.384 e. The molecule has 0 saturated carbocycles.